The fraction of sp³-hybridized carbons (Fsp3) is 0.0909. The van der Waals surface area contributed by atoms with E-state index in [1.165, 1.54) is 6.92 Å². The molecule has 2 rings (SSSR count). The summed E-state index contributed by atoms with van der Waals surface area (Å²) in [5.41, 5.74) is 5.08. The minimum atomic E-state index is -4.61. The highest BCUT2D eigenvalue weighted by Gasteiger charge is 2.21. The lowest BCUT2D eigenvalue weighted by Gasteiger charge is -2.11. The number of benzene rings is 2. The predicted molar refractivity (Wildman–Crippen MR) is 74.4 cm³/mol. The predicted octanol–water partition coefficient (Wildman–Crippen LogP) is 0.929. The van der Waals surface area contributed by atoms with E-state index in [-0.39, 0.29) is 22.0 Å². The third-order valence-electron chi connectivity index (χ3n) is 3.00. The first-order valence-electron chi connectivity index (χ1n) is 5.43. The smallest absolute Gasteiger partial charge is 0.296 e. The number of phenolic OH excluding ortho intramolecular Hbond substituents is 1. The van der Waals surface area contributed by atoms with Gasteiger partial charge in [-0.25, -0.2) is 0 Å². The monoisotopic (exact) mass is 333 g/mol. The third-order valence-corrected chi connectivity index (χ3v) is 4.89. The van der Waals surface area contributed by atoms with Crippen molar-refractivity contribution < 1.29 is 31.0 Å². The summed E-state index contributed by atoms with van der Waals surface area (Å²) in [6, 6.07) is 2.98. The zero-order valence-corrected chi connectivity index (χ0v) is 12.2. The van der Waals surface area contributed by atoms with Gasteiger partial charge in [-0.15, -0.1) is 0 Å². The second-order valence-electron chi connectivity index (χ2n) is 4.41. The maximum atomic E-state index is 11.3. The fourth-order valence-electron chi connectivity index (χ4n) is 2.00. The lowest BCUT2D eigenvalue weighted by atomic mass is 10.1. The molecule has 0 bridgehead atoms. The topological polar surface area (TPSA) is 155 Å². The number of anilines is 1. The van der Waals surface area contributed by atoms with Crippen molar-refractivity contribution in [3.8, 4) is 5.75 Å². The molecule has 21 heavy (non-hydrogen) atoms. The molecule has 0 fully saturated rings. The molecule has 0 spiro atoms. The normalized spacial score (nSPS) is 12.7. The Labute approximate surface area is 120 Å². The highest BCUT2D eigenvalue weighted by atomic mass is 32.2. The van der Waals surface area contributed by atoms with Crippen molar-refractivity contribution in [2.24, 2.45) is 0 Å². The maximum absolute atomic E-state index is 11.3. The average Bonchev–Trinajstić information content (AvgIpc) is 2.31. The van der Waals surface area contributed by atoms with E-state index < -0.39 is 35.8 Å². The van der Waals surface area contributed by atoms with Crippen LogP contribution in [0.4, 0.5) is 5.69 Å². The third kappa shape index (κ3) is 2.65. The molecule has 0 aliphatic carbocycles. The van der Waals surface area contributed by atoms with Gasteiger partial charge in [-0.2, -0.15) is 16.8 Å². The summed E-state index contributed by atoms with van der Waals surface area (Å²) in [7, 11) is -9.22. The van der Waals surface area contributed by atoms with Crippen LogP contribution in [0.3, 0.4) is 0 Å². The van der Waals surface area contributed by atoms with Gasteiger partial charge in [0, 0.05) is 10.9 Å². The summed E-state index contributed by atoms with van der Waals surface area (Å²) in [6.45, 7) is 1.27. The van der Waals surface area contributed by atoms with Crippen LogP contribution in [0, 0.1) is 6.92 Å². The van der Waals surface area contributed by atoms with Crippen molar-refractivity contribution in [2.45, 2.75) is 16.7 Å². The Balaban J connectivity index is 3.01. The molecule has 0 heterocycles. The van der Waals surface area contributed by atoms with Crippen LogP contribution in [-0.4, -0.2) is 31.0 Å². The Kier molecular flexibility index (Phi) is 3.37. The van der Waals surface area contributed by atoms with Crippen LogP contribution in [-0.2, 0) is 20.2 Å². The number of aromatic hydroxyl groups is 1. The van der Waals surface area contributed by atoms with Crippen LogP contribution in [0.1, 0.15) is 5.56 Å². The van der Waals surface area contributed by atoms with Crippen molar-refractivity contribution in [1.29, 1.82) is 0 Å². The summed E-state index contributed by atoms with van der Waals surface area (Å²) >= 11 is 0. The van der Waals surface area contributed by atoms with Gasteiger partial charge in [0.05, 0.1) is 5.69 Å². The molecule has 0 aromatic heterocycles. The van der Waals surface area contributed by atoms with Crippen molar-refractivity contribution in [2.75, 3.05) is 5.73 Å². The lowest BCUT2D eigenvalue weighted by Crippen LogP contribution is -2.05. The second kappa shape index (κ2) is 4.56. The summed E-state index contributed by atoms with van der Waals surface area (Å²) in [4.78, 5) is -1.20. The van der Waals surface area contributed by atoms with E-state index in [0.717, 1.165) is 18.2 Å². The zero-order valence-electron chi connectivity index (χ0n) is 10.6. The van der Waals surface area contributed by atoms with Crippen LogP contribution in [0.15, 0.2) is 28.0 Å². The Morgan fingerprint density at radius 3 is 1.90 bits per heavy atom. The molecule has 2 aromatic rings. The lowest BCUT2D eigenvalue weighted by molar-refractivity contribution is 0.466. The first-order valence-corrected chi connectivity index (χ1v) is 8.31. The molecule has 0 amide bonds. The Bertz CT molecular complexity index is 957. The Morgan fingerprint density at radius 2 is 1.43 bits per heavy atom. The molecule has 8 nitrogen and oxygen atoms in total. The van der Waals surface area contributed by atoms with Crippen LogP contribution in [0.25, 0.3) is 10.8 Å². The molecule has 0 aliphatic rings. The van der Waals surface area contributed by atoms with E-state index in [2.05, 4.69) is 0 Å². The van der Waals surface area contributed by atoms with E-state index in [1.807, 2.05) is 0 Å². The number of hydrogen-bond acceptors (Lipinski definition) is 6. The van der Waals surface area contributed by atoms with Crippen molar-refractivity contribution in [3.05, 3.63) is 23.8 Å². The number of rotatable bonds is 2. The highest BCUT2D eigenvalue weighted by Crippen LogP contribution is 2.36. The zero-order chi connectivity index (χ0) is 16.2. The van der Waals surface area contributed by atoms with Gasteiger partial charge >= 0.3 is 0 Å². The summed E-state index contributed by atoms with van der Waals surface area (Å²) < 4.78 is 63.0. The maximum Gasteiger partial charge on any atom is 0.296 e. The number of hydrogen-bond donors (Lipinski definition) is 4. The standard InChI is InChI=1S/C11H11NO7S2/c1-5-9(20(14,15)16)2-6-3-10(21(17,18)19)8(12)4-7(6)11(5)13/h2-4,13H,12H2,1H3,(H,14,15,16)(H,17,18,19). The first kappa shape index (κ1) is 15.5. The minimum Gasteiger partial charge on any atom is -0.507 e. The van der Waals surface area contributed by atoms with Gasteiger partial charge in [-0.05, 0) is 30.5 Å². The van der Waals surface area contributed by atoms with Crippen molar-refractivity contribution in [3.63, 3.8) is 0 Å². The van der Waals surface area contributed by atoms with E-state index >= 15 is 0 Å². The Hall–Kier alpha value is -1.88. The molecule has 0 unspecified atom stereocenters. The summed E-state index contributed by atoms with van der Waals surface area (Å²) in [5.74, 6) is -0.464. The molecule has 0 atom stereocenters. The van der Waals surface area contributed by atoms with Gasteiger partial charge in [-0.1, -0.05) is 0 Å². The molecule has 0 radical (unpaired) electrons. The number of fused-ring (bicyclic) bond motifs is 1. The van der Waals surface area contributed by atoms with Gasteiger partial charge in [-0.3, -0.25) is 9.11 Å². The minimum absolute atomic E-state index is 0.0208. The molecule has 5 N–H and O–H groups in total. The molecular weight excluding hydrogens is 322 g/mol. The molecule has 10 heteroatoms. The number of nitrogen functional groups attached to an aromatic ring is 1. The van der Waals surface area contributed by atoms with Crippen LogP contribution in [0.2, 0.25) is 0 Å². The molecule has 114 valence electrons. The van der Waals surface area contributed by atoms with Gasteiger partial charge < -0.3 is 10.8 Å². The van der Waals surface area contributed by atoms with Crippen molar-refractivity contribution in [1.82, 2.24) is 0 Å². The van der Waals surface area contributed by atoms with E-state index in [0.29, 0.717) is 0 Å². The van der Waals surface area contributed by atoms with Gasteiger partial charge in [0.25, 0.3) is 20.2 Å². The quantitative estimate of drug-likeness (QED) is 0.467. The fourth-order valence-corrected chi connectivity index (χ4v) is 3.39. The number of nitrogens with two attached hydrogens (primary N) is 1. The van der Waals surface area contributed by atoms with Crippen LogP contribution < -0.4 is 5.73 Å². The second-order valence-corrected chi connectivity index (χ2v) is 7.19. The first-order chi connectivity index (χ1) is 9.43. The molecular formula is C11H11NO7S2. The molecule has 0 aliphatic heterocycles. The average molecular weight is 333 g/mol. The summed E-state index contributed by atoms with van der Waals surface area (Å²) in [5, 5.41) is 10.0. The molecule has 0 saturated heterocycles. The van der Waals surface area contributed by atoms with Gasteiger partial charge in [0.1, 0.15) is 15.5 Å². The van der Waals surface area contributed by atoms with E-state index in [4.69, 9.17) is 14.8 Å². The van der Waals surface area contributed by atoms with Crippen molar-refractivity contribution >= 4 is 36.7 Å². The molecule has 0 saturated carbocycles. The van der Waals surface area contributed by atoms with E-state index in [1.54, 1.807) is 0 Å². The Morgan fingerprint density at radius 1 is 0.952 bits per heavy atom. The SMILES string of the molecule is Cc1c(S(=O)(=O)O)cc2cc(S(=O)(=O)O)c(N)cc2c1O. The van der Waals surface area contributed by atoms with Gasteiger partial charge in [0.15, 0.2) is 0 Å². The molecule has 2 aromatic carbocycles. The largest absolute Gasteiger partial charge is 0.507 e. The van der Waals surface area contributed by atoms with E-state index in [9.17, 15) is 21.9 Å². The summed E-state index contributed by atoms with van der Waals surface area (Å²) in [6.07, 6.45) is 0. The van der Waals surface area contributed by atoms with Gasteiger partial charge in [0.2, 0.25) is 0 Å². The van der Waals surface area contributed by atoms with Crippen LogP contribution in [0.5, 0.6) is 5.75 Å². The number of phenols is 1. The highest BCUT2D eigenvalue weighted by molar-refractivity contribution is 7.86. The van der Waals surface area contributed by atoms with Crippen LogP contribution >= 0.6 is 0 Å².